The number of hydrogen-bond acceptors (Lipinski definition) is 6. The van der Waals surface area contributed by atoms with E-state index >= 15 is 0 Å². The number of aliphatic hydroxyl groups excluding tert-OH is 1. The van der Waals surface area contributed by atoms with Crippen molar-refractivity contribution < 1.29 is 28.9 Å². The van der Waals surface area contributed by atoms with Crippen molar-refractivity contribution in [3.8, 4) is 11.5 Å². The molecule has 0 bridgehead atoms. The lowest BCUT2D eigenvalue weighted by Crippen LogP contribution is -2.39. The maximum absolute atomic E-state index is 13.0. The maximum Gasteiger partial charge on any atom is 0.175 e. The molecule has 3 rings (SSSR count). The van der Waals surface area contributed by atoms with Crippen molar-refractivity contribution in [1.29, 1.82) is 0 Å². The standard InChI is InChI=1S/C18H18O6/c1-8-11(19)7-10-14(17(8)23-3)15(20)9-5-6-12(22-2)18(24-4)13(9)16(10)21/h5-7,10,14,19H,1-4H3. The predicted molar refractivity (Wildman–Crippen MR) is 85.6 cm³/mol. The van der Waals surface area contributed by atoms with Crippen LogP contribution in [0.3, 0.4) is 0 Å². The summed E-state index contributed by atoms with van der Waals surface area (Å²) in [5.41, 5.74) is 0.919. The number of fused-ring (bicyclic) bond motifs is 2. The fraction of sp³-hybridized carbons (Fsp3) is 0.333. The first-order chi connectivity index (χ1) is 11.5. The zero-order valence-electron chi connectivity index (χ0n) is 13.9. The first kappa shape index (κ1) is 16.1. The van der Waals surface area contributed by atoms with E-state index < -0.39 is 11.8 Å². The molecule has 6 heteroatoms. The second-order valence-electron chi connectivity index (χ2n) is 5.70. The van der Waals surface area contributed by atoms with E-state index in [1.54, 1.807) is 19.1 Å². The summed E-state index contributed by atoms with van der Waals surface area (Å²) in [6.45, 7) is 1.66. The minimum atomic E-state index is -0.829. The molecular weight excluding hydrogens is 312 g/mol. The Morgan fingerprint density at radius 3 is 2.29 bits per heavy atom. The first-order valence-electron chi connectivity index (χ1n) is 7.45. The van der Waals surface area contributed by atoms with Crippen LogP contribution in [0.15, 0.2) is 35.3 Å². The summed E-state index contributed by atoms with van der Waals surface area (Å²) < 4.78 is 15.9. The van der Waals surface area contributed by atoms with Crippen LogP contribution in [0.5, 0.6) is 11.5 Å². The van der Waals surface area contributed by atoms with E-state index in [0.29, 0.717) is 17.1 Å². The predicted octanol–water partition coefficient (Wildman–Crippen LogP) is 2.69. The summed E-state index contributed by atoms with van der Waals surface area (Å²) in [6, 6.07) is 3.16. The molecule has 0 heterocycles. The lowest BCUT2D eigenvalue weighted by molar-refractivity contribution is 0.0727. The average Bonchev–Trinajstić information content (AvgIpc) is 2.59. The van der Waals surface area contributed by atoms with Crippen molar-refractivity contribution in [2.24, 2.45) is 11.8 Å². The van der Waals surface area contributed by atoms with Crippen LogP contribution in [-0.2, 0) is 4.74 Å². The molecule has 24 heavy (non-hydrogen) atoms. The van der Waals surface area contributed by atoms with E-state index in [2.05, 4.69) is 0 Å². The van der Waals surface area contributed by atoms with Crippen molar-refractivity contribution in [3.05, 3.63) is 46.4 Å². The molecule has 1 aromatic carbocycles. The number of benzene rings is 1. The van der Waals surface area contributed by atoms with Gasteiger partial charge in [0.15, 0.2) is 23.1 Å². The summed E-state index contributed by atoms with van der Waals surface area (Å²) in [6.07, 6.45) is 1.41. The van der Waals surface area contributed by atoms with E-state index in [-0.39, 0.29) is 34.2 Å². The van der Waals surface area contributed by atoms with E-state index in [1.165, 1.54) is 27.4 Å². The van der Waals surface area contributed by atoms with Crippen molar-refractivity contribution in [3.63, 3.8) is 0 Å². The largest absolute Gasteiger partial charge is 0.508 e. The maximum atomic E-state index is 13.0. The Morgan fingerprint density at radius 2 is 1.71 bits per heavy atom. The minimum absolute atomic E-state index is 0.0560. The topological polar surface area (TPSA) is 82.1 Å². The van der Waals surface area contributed by atoms with Gasteiger partial charge in [-0.25, -0.2) is 0 Å². The van der Waals surface area contributed by atoms with Crippen LogP contribution in [0.4, 0.5) is 0 Å². The van der Waals surface area contributed by atoms with Gasteiger partial charge in [-0.3, -0.25) is 9.59 Å². The lowest BCUT2D eigenvalue weighted by atomic mass is 9.69. The van der Waals surface area contributed by atoms with Gasteiger partial charge in [0.2, 0.25) is 0 Å². The summed E-state index contributed by atoms with van der Waals surface area (Å²) >= 11 is 0. The number of ketones is 2. The molecule has 6 nitrogen and oxygen atoms in total. The summed E-state index contributed by atoms with van der Waals surface area (Å²) in [5.74, 6) is -1.29. The van der Waals surface area contributed by atoms with Crippen molar-refractivity contribution in [1.82, 2.24) is 0 Å². The van der Waals surface area contributed by atoms with Gasteiger partial charge in [0, 0.05) is 11.1 Å². The molecule has 2 unspecified atom stereocenters. The van der Waals surface area contributed by atoms with Crippen LogP contribution in [0, 0.1) is 11.8 Å². The van der Waals surface area contributed by atoms with E-state index in [1.807, 2.05) is 0 Å². The molecule has 1 aromatic rings. The van der Waals surface area contributed by atoms with Gasteiger partial charge in [-0.1, -0.05) is 0 Å². The van der Waals surface area contributed by atoms with E-state index in [4.69, 9.17) is 14.2 Å². The molecule has 0 spiro atoms. The molecule has 0 fully saturated rings. The van der Waals surface area contributed by atoms with Crippen molar-refractivity contribution >= 4 is 11.6 Å². The second-order valence-corrected chi connectivity index (χ2v) is 5.70. The number of aliphatic hydroxyl groups is 1. The van der Waals surface area contributed by atoms with Crippen molar-refractivity contribution in [2.75, 3.05) is 21.3 Å². The summed E-state index contributed by atoms with van der Waals surface area (Å²) in [7, 11) is 4.31. The molecule has 2 aliphatic rings. The van der Waals surface area contributed by atoms with Gasteiger partial charge in [-0.15, -0.1) is 0 Å². The molecule has 2 aliphatic carbocycles. The third-order valence-corrected chi connectivity index (χ3v) is 4.60. The average molecular weight is 330 g/mol. The fourth-order valence-corrected chi connectivity index (χ4v) is 3.41. The Kier molecular flexibility index (Phi) is 3.83. The van der Waals surface area contributed by atoms with Crippen LogP contribution in [0.25, 0.3) is 0 Å². The molecule has 0 saturated carbocycles. The highest BCUT2D eigenvalue weighted by atomic mass is 16.5. The number of methoxy groups -OCH3 is 3. The molecule has 0 aliphatic heterocycles. The fourth-order valence-electron chi connectivity index (χ4n) is 3.41. The number of hydrogen-bond donors (Lipinski definition) is 1. The number of carbonyl (C=O) groups excluding carboxylic acids is 2. The van der Waals surface area contributed by atoms with Crippen LogP contribution >= 0.6 is 0 Å². The van der Waals surface area contributed by atoms with Crippen molar-refractivity contribution in [2.45, 2.75) is 6.92 Å². The lowest BCUT2D eigenvalue weighted by Gasteiger charge is -2.34. The summed E-state index contributed by atoms with van der Waals surface area (Å²) in [5, 5.41) is 10.1. The molecule has 0 amide bonds. The number of ether oxygens (including phenoxy) is 3. The first-order valence-corrected chi connectivity index (χ1v) is 7.45. The Labute approximate surface area is 139 Å². The Morgan fingerprint density at radius 1 is 1.00 bits per heavy atom. The third-order valence-electron chi connectivity index (χ3n) is 4.60. The molecule has 126 valence electrons. The Bertz CT molecular complexity index is 802. The zero-order valence-corrected chi connectivity index (χ0v) is 13.9. The molecule has 0 radical (unpaired) electrons. The van der Waals surface area contributed by atoms with Gasteiger partial charge in [-0.2, -0.15) is 0 Å². The molecular formula is C18H18O6. The van der Waals surface area contributed by atoms with E-state index in [0.717, 1.165) is 0 Å². The van der Waals surface area contributed by atoms with Crippen LogP contribution < -0.4 is 9.47 Å². The second kappa shape index (κ2) is 5.70. The monoisotopic (exact) mass is 330 g/mol. The minimum Gasteiger partial charge on any atom is -0.508 e. The van der Waals surface area contributed by atoms with E-state index in [9.17, 15) is 14.7 Å². The smallest absolute Gasteiger partial charge is 0.175 e. The molecule has 0 saturated heterocycles. The quantitative estimate of drug-likeness (QED) is 0.917. The molecule has 2 atom stereocenters. The third kappa shape index (κ3) is 2.02. The number of allylic oxidation sites excluding steroid dienone is 3. The van der Waals surface area contributed by atoms with Gasteiger partial charge >= 0.3 is 0 Å². The Balaban J connectivity index is 2.27. The van der Waals surface area contributed by atoms with Gasteiger partial charge in [0.05, 0.1) is 38.7 Å². The number of Topliss-reactive ketones (excluding diaryl/α,β-unsaturated/α-hetero) is 2. The Hall–Kier alpha value is -2.76. The zero-order chi connectivity index (χ0) is 17.6. The van der Waals surface area contributed by atoms with Crippen LogP contribution in [-0.4, -0.2) is 38.0 Å². The van der Waals surface area contributed by atoms with Gasteiger partial charge in [0.25, 0.3) is 0 Å². The van der Waals surface area contributed by atoms with Gasteiger partial charge < -0.3 is 19.3 Å². The highest BCUT2D eigenvalue weighted by molar-refractivity contribution is 6.19. The number of carbonyl (C=O) groups is 2. The van der Waals surface area contributed by atoms with Crippen LogP contribution in [0.2, 0.25) is 0 Å². The van der Waals surface area contributed by atoms with Crippen LogP contribution in [0.1, 0.15) is 27.6 Å². The van der Waals surface area contributed by atoms with Gasteiger partial charge in [-0.05, 0) is 25.1 Å². The SMILES string of the molecule is COC1=C(C)C(O)=CC2C(=O)c3c(ccc(OC)c3OC)C(=O)C12. The summed E-state index contributed by atoms with van der Waals surface area (Å²) in [4.78, 5) is 26.0. The van der Waals surface area contributed by atoms with Gasteiger partial charge in [0.1, 0.15) is 11.5 Å². The number of rotatable bonds is 3. The highest BCUT2D eigenvalue weighted by Gasteiger charge is 2.47. The highest BCUT2D eigenvalue weighted by Crippen LogP contribution is 2.45. The molecule has 1 N–H and O–H groups in total. The normalized spacial score (nSPS) is 22.6. The molecule has 0 aromatic heterocycles.